The monoisotopic (exact) mass is 334 g/mol. The molecule has 2 heterocycles. The van der Waals surface area contributed by atoms with Gasteiger partial charge in [0.15, 0.2) is 0 Å². The smallest absolute Gasteiger partial charge is 0.271 e. The topological polar surface area (TPSA) is 57.6 Å². The van der Waals surface area contributed by atoms with Crippen LogP contribution in [0.1, 0.15) is 35.3 Å². The van der Waals surface area contributed by atoms with E-state index in [1.54, 1.807) is 18.5 Å². The zero-order valence-corrected chi connectivity index (χ0v) is 14.9. The highest BCUT2D eigenvalue weighted by Gasteiger charge is 2.38. The second kappa shape index (κ2) is 6.51. The Morgan fingerprint density at radius 3 is 2.72 bits per heavy atom. The van der Waals surface area contributed by atoms with Gasteiger partial charge in [-0.25, -0.2) is 10.4 Å². The van der Waals surface area contributed by atoms with Crippen LogP contribution in [0.3, 0.4) is 0 Å². The van der Waals surface area contributed by atoms with Crippen molar-refractivity contribution in [3.8, 4) is 0 Å². The van der Waals surface area contributed by atoms with Gasteiger partial charge in [0.2, 0.25) is 0 Å². The molecule has 1 aromatic heterocycles. The number of amides is 1. The molecular weight excluding hydrogens is 312 g/mol. The molecule has 1 aromatic carbocycles. The summed E-state index contributed by atoms with van der Waals surface area (Å²) in [4.78, 5) is 18.7. The first-order valence-electron chi connectivity index (χ1n) is 8.22. The molecule has 5 heteroatoms. The van der Waals surface area contributed by atoms with Gasteiger partial charge in [-0.3, -0.25) is 4.79 Å². The SMILES string of the molecule is Cc1ccccc1C(=O)N/N=C/C=C1\N(C)c2ncccc2C1(C)C. The minimum atomic E-state index is -0.211. The van der Waals surface area contributed by atoms with Crippen molar-refractivity contribution < 1.29 is 4.79 Å². The Bertz CT molecular complexity index is 868. The number of aryl methyl sites for hydroxylation is 1. The number of hydrogen-bond donors (Lipinski definition) is 1. The maximum atomic E-state index is 12.2. The number of carbonyl (C=O) groups is 1. The average Bonchev–Trinajstić information content (AvgIpc) is 2.79. The van der Waals surface area contributed by atoms with Gasteiger partial charge in [-0.15, -0.1) is 0 Å². The highest BCUT2D eigenvalue weighted by molar-refractivity contribution is 5.96. The fraction of sp³-hybridized carbons (Fsp3) is 0.250. The first-order valence-corrected chi connectivity index (χ1v) is 8.22. The number of fused-ring (bicyclic) bond motifs is 1. The number of nitrogens with zero attached hydrogens (tertiary/aromatic N) is 3. The lowest BCUT2D eigenvalue weighted by Gasteiger charge is -2.23. The van der Waals surface area contributed by atoms with Crippen molar-refractivity contribution in [2.45, 2.75) is 26.2 Å². The molecule has 0 saturated carbocycles. The largest absolute Gasteiger partial charge is 0.332 e. The Kier molecular flexibility index (Phi) is 4.40. The second-order valence-corrected chi connectivity index (χ2v) is 6.64. The minimum absolute atomic E-state index is 0.162. The third kappa shape index (κ3) is 3.05. The molecule has 0 fully saturated rings. The van der Waals surface area contributed by atoms with Gasteiger partial charge in [0.1, 0.15) is 5.82 Å². The predicted molar refractivity (Wildman–Crippen MR) is 101 cm³/mol. The summed E-state index contributed by atoms with van der Waals surface area (Å²) in [6.45, 7) is 6.21. The number of likely N-dealkylation sites (N-methyl/N-ethyl adjacent to an activating group) is 1. The predicted octanol–water partition coefficient (Wildman–Crippen LogP) is 3.42. The number of rotatable bonds is 3. The van der Waals surface area contributed by atoms with E-state index in [0.29, 0.717) is 5.56 Å². The molecule has 3 rings (SSSR count). The molecule has 1 amide bonds. The summed E-state index contributed by atoms with van der Waals surface area (Å²) in [6.07, 6.45) is 5.33. The van der Waals surface area contributed by atoms with Crippen LogP contribution in [0.2, 0.25) is 0 Å². The van der Waals surface area contributed by atoms with Gasteiger partial charge in [0, 0.05) is 41.7 Å². The van der Waals surface area contributed by atoms with Gasteiger partial charge in [0.25, 0.3) is 5.91 Å². The maximum absolute atomic E-state index is 12.2. The van der Waals surface area contributed by atoms with Gasteiger partial charge in [-0.1, -0.05) is 38.1 Å². The number of allylic oxidation sites excluding steroid dienone is 2. The van der Waals surface area contributed by atoms with Crippen LogP contribution in [0, 0.1) is 6.92 Å². The number of pyridine rings is 1. The summed E-state index contributed by atoms with van der Waals surface area (Å²) in [7, 11) is 1.99. The van der Waals surface area contributed by atoms with Crippen LogP contribution in [0.25, 0.3) is 0 Å². The van der Waals surface area contributed by atoms with Crippen LogP contribution >= 0.6 is 0 Å². The molecule has 1 aliphatic rings. The van der Waals surface area contributed by atoms with E-state index in [0.717, 1.165) is 17.1 Å². The normalized spacial score (nSPS) is 17.1. The standard InChI is InChI=1S/C20H22N4O/c1-14-8-5-6-9-15(14)19(25)23-22-13-11-17-20(2,3)16-10-7-12-21-18(16)24(17)4/h5-13H,1-4H3,(H,23,25)/b17-11-,22-13+. The van der Waals surface area contributed by atoms with Gasteiger partial charge in [0.05, 0.1) is 0 Å². The molecule has 0 saturated heterocycles. The Labute approximate surface area is 148 Å². The number of anilines is 1. The van der Waals surface area contributed by atoms with Crippen molar-refractivity contribution in [1.82, 2.24) is 10.4 Å². The summed E-state index contributed by atoms with van der Waals surface area (Å²) < 4.78 is 0. The van der Waals surface area contributed by atoms with E-state index in [1.807, 2.05) is 44.3 Å². The van der Waals surface area contributed by atoms with Crippen LogP contribution in [-0.4, -0.2) is 24.2 Å². The third-order valence-corrected chi connectivity index (χ3v) is 4.64. The molecular formula is C20H22N4O. The van der Waals surface area contributed by atoms with E-state index < -0.39 is 0 Å². The molecule has 0 bridgehead atoms. The van der Waals surface area contributed by atoms with E-state index in [-0.39, 0.29) is 11.3 Å². The van der Waals surface area contributed by atoms with Crippen LogP contribution < -0.4 is 10.3 Å². The lowest BCUT2D eigenvalue weighted by molar-refractivity contribution is 0.0954. The number of nitrogens with one attached hydrogen (secondary N) is 1. The molecule has 2 aromatic rings. The molecule has 0 spiro atoms. The number of aromatic nitrogens is 1. The zero-order valence-electron chi connectivity index (χ0n) is 14.9. The number of hydrazone groups is 1. The highest BCUT2D eigenvalue weighted by Crippen LogP contribution is 2.45. The quantitative estimate of drug-likeness (QED) is 0.691. The first-order chi connectivity index (χ1) is 11.9. The van der Waals surface area contributed by atoms with Crippen molar-refractivity contribution in [3.63, 3.8) is 0 Å². The second-order valence-electron chi connectivity index (χ2n) is 6.64. The molecule has 1 N–H and O–H groups in total. The average molecular weight is 334 g/mol. The van der Waals surface area contributed by atoms with E-state index in [9.17, 15) is 4.79 Å². The molecule has 0 radical (unpaired) electrons. The summed E-state index contributed by atoms with van der Waals surface area (Å²) >= 11 is 0. The zero-order chi connectivity index (χ0) is 18.0. The summed E-state index contributed by atoms with van der Waals surface area (Å²) in [6, 6.07) is 11.5. The fourth-order valence-electron chi connectivity index (χ4n) is 3.24. The Morgan fingerprint density at radius 1 is 1.24 bits per heavy atom. The minimum Gasteiger partial charge on any atom is -0.332 e. The van der Waals surface area contributed by atoms with Crippen molar-refractivity contribution in [2.24, 2.45) is 5.10 Å². The van der Waals surface area contributed by atoms with E-state index in [1.165, 1.54) is 5.56 Å². The van der Waals surface area contributed by atoms with Crippen LogP contribution in [0.15, 0.2) is 59.5 Å². The molecule has 0 unspecified atom stereocenters. The van der Waals surface area contributed by atoms with Gasteiger partial charge in [-0.05, 0) is 30.7 Å². The lowest BCUT2D eigenvalue weighted by atomic mass is 9.84. The van der Waals surface area contributed by atoms with Crippen LogP contribution in [0.4, 0.5) is 5.82 Å². The lowest BCUT2D eigenvalue weighted by Crippen LogP contribution is -2.23. The van der Waals surface area contributed by atoms with Crippen molar-refractivity contribution in [2.75, 3.05) is 11.9 Å². The first kappa shape index (κ1) is 16.9. The van der Waals surface area contributed by atoms with Gasteiger partial charge in [-0.2, -0.15) is 5.10 Å². The summed E-state index contributed by atoms with van der Waals surface area (Å²) in [5.41, 5.74) is 6.23. The Hall–Kier alpha value is -2.95. The molecule has 5 nitrogen and oxygen atoms in total. The van der Waals surface area contributed by atoms with E-state index >= 15 is 0 Å². The number of benzene rings is 1. The number of hydrogen-bond acceptors (Lipinski definition) is 4. The third-order valence-electron chi connectivity index (χ3n) is 4.64. The van der Waals surface area contributed by atoms with Crippen LogP contribution in [-0.2, 0) is 5.41 Å². The fourth-order valence-corrected chi connectivity index (χ4v) is 3.24. The maximum Gasteiger partial charge on any atom is 0.271 e. The Balaban J connectivity index is 1.75. The molecule has 0 atom stereocenters. The molecule has 128 valence electrons. The molecule has 25 heavy (non-hydrogen) atoms. The Morgan fingerprint density at radius 2 is 2.00 bits per heavy atom. The van der Waals surface area contributed by atoms with E-state index in [4.69, 9.17) is 0 Å². The molecule has 1 aliphatic heterocycles. The van der Waals surface area contributed by atoms with Crippen molar-refractivity contribution in [1.29, 1.82) is 0 Å². The van der Waals surface area contributed by atoms with E-state index in [2.05, 4.69) is 40.3 Å². The van der Waals surface area contributed by atoms with Crippen molar-refractivity contribution >= 4 is 17.9 Å². The van der Waals surface area contributed by atoms with Crippen LogP contribution in [0.5, 0.6) is 0 Å². The highest BCUT2D eigenvalue weighted by atomic mass is 16.2. The van der Waals surface area contributed by atoms with Gasteiger partial charge >= 0.3 is 0 Å². The van der Waals surface area contributed by atoms with Crippen molar-refractivity contribution in [3.05, 3.63) is 71.1 Å². The summed E-state index contributed by atoms with van der Waals surface area (Å²) in [5.74, 6) is 0.743. The molecule has 0 aliphatic carbocycles. The number of carbonyl (C=O) groups excluding carboxylic acids is 1. The van der Waals surface area contributed by atoms with Gasteiger partial charge < -0.3 is 4.90 Å². The summed E-state index contributed by atoms with van der Waals surface area (Å²) in [5, 5.41) is 4.07.